The van der Waals surface area contributed by atoms with Gasteiger partial charge in [-0.25, -0.2) is 8.42 Å². The first-order valence-electron chi connectivity index (χ1n) is 3.91. The zero-order chi connectivity index (χ0) is 11.8. The molecular weight excluding hydrogens is 228 g/mol. The van der Waals surface area contributed by atoms with Crippen LogP contribution in [0.3, 0.4) is 0 Å². The highest BCUT2D eigenvalue weighted by molar-refractivity contribution is 7.92. The molecule has 0 saturated carbocycles. The number of rotatable bonds is 3. The Morgan fingerprint density at radius 3 is 2.27 bits per heavy atom. The maximum absolute atomic E-state index is 11.3. The van der Waals surface area contributed by atoms with Crippen molar-refractivity contribution >= 4 is 9.84 Å². The molecule has 0 radical (unpaired) electrons. The number of hydrogen-bond acceptors (Lipinski definition) is 6. The van der Waals surface area contributed by atoms with Gasteiger partial charge in [0.15, 0.2) is 0 Å². The number of sulfone groups is 1. The van der Waals surface area contributed by atoms with Crippen LogP contribution in [0.2, 0.25) is 0 Å². The lowest BCUT2D eigenvalue weighted by Gasteiger charge is -2.01. The molecule has 9 heteroatoms. The van der Waals surface area contributed by atoms with Crippen molar-refractivity contribution in [2.75, 3.05) is 12.3 Å². The van der Waals surface area contributed by atoms with Gasteiger partial charge in [0.1, 0.15) is 0 Å². The number of hydrogen-bond donors (Lipinski definition) is 0. The third kappa shape index (κ3) is 2.12. The van der Waals surface area contributed by atoms with Crippen molar-refractivity contribution in [2.45, 2.75) is 12.3 Å². The third-order valence-electron chi connectivity index (χ3n) is 2.16. The van der Waals surface area contributed by atoms with Crippen molar-refractivity contribution in [3.63, 3.8) is 0 Å². The van der Waals surface area contributed by atoms with Gasteiger partial charge in [-0.15, -0.1) is 0 Å². The van der Waals surface area contributed by atoms with E-state index in [1.165, 1.54) is 6.92 Å². The molecule has 0 unspecified atom stereocenters. The highest BCUT2D eigenvalue weighted by Crippen LogP contribution is 2.27. The van der Waals surface area contributed by atoms with E-state index >= 15 is 0 Å². The van der Waals surface area contributed by atoms with Crippen LogP contribution in [0.1, 0.15) is 6.92 Å². The molecule has 1 rings (SSSR count). The van der Waals surface area contributed by atoms with Gasteiger partial charge in [-0.2, -0.15) is 0 Å². The lowest BCUT2D eigenvalue weighted by Crippen LogP contribution is -2.27. The quantitative estimate of drug-likeness (QED) is 0.373. The average Bonchev–Trinajstić information content (AvgIpc) is 2.19. The number of nitro groups is 2. The summed E-state index contributed by atoms with van der Waals surface area (Å²) in [6.45, 7) is 0.590. The van der Waals surface area contributed by atoms with Gasteiger partial charge in [-0.1, -0.05) is 0 Å². The molecule has 8 nitrogen and oxygen atoms in total. The predicted molar refractivity (Wildman–Crippen MR) is 49.1 cm³/mol. The Labute approximate surface area is 84.8 Å². The molecule has 0 aliphatic carbocycles. The number of nitrogens with zero attached hydrogens (tertiary/aromatic N) is 2. The first-order valence-corrected chi connectivity index (χ1v) is 5.62. The van der Waals surface area contributed by atoms with Crippen LogP contribution < -0.4 is 0 Å². The summed E-state index contributed by atoms with van der Waals surface area (Å²) in [6, 6.07) is 0. The van der Waals surface area contributed by atoms with Gasteiger partial charge in [0.25, 0.3) is 0 Å². The van der Waals surface area contributed by atoms with Crippen molar-refractivity contribution in [1.82, 2.24) is 0 Å². The summed E-state index contributed by atoms with van der Waals surface area (Å²) in [6.07, 6.45) is 0. The fraction of sp³-hybridized carbons (Fsp3) is 0.667. The second kappa shape index (κ2) is 3.57. The minimum Gasteiger partial charge on any atom is -0.264 e. The van der Waals surface area contributed by atoms with Crippen molar-refractivity contribution in [1.29, 1.82) is 0 Å². The standard InChI is InChI=1S/C6H8N2O6S/c1-4-5(2-7(9)10)3-15(13,14)6(4)8(11)12/h6H,2-3H2,1H3/t6-/m0/s1. The van der Waals surface area contributed by atoms with Crippen LogP contribution in [0, 0.1) is 20.2 Å². The molecule has 0 N–H and O–H groups in total. The molecule has 84 valence electrons. The van der Waals surface area contributed by atoms with Crippen LogP contribution in [0.25, 0.3) is 0 Å². The van der Waals surface area contributed by atoms with Crippen molar-refractivity contribution < 1.29 is 18.3 Å². The molecule has 0 aromatic rings. The van der Waals surface area contributed by atoms with E-state index in [1.807, 2.05) is 0 Å². The summed E-state index contributed by atoms with van der Waals surface area (Å²) in [7, 11) is -3.91. The molecule has 1 aliphatic rings. The molecule has 1 aliphatic heterocycles. The highest BCUT2D eigenvalue weighted by Gasteiger charge is 2.46. The summed E-state index contributed by atoms with van der Waals surface area (Å²) in [5, 5.41) is 18.9. The van der Waals surface area contributed by atoms with Gasteiger partial charge >= 0.3 is 5.37 Å². The van der Waals surface area contributed by atoms with Gasteiger partial charge in [-0.05, 0) is 6.92 Å². The highest BCUT2D eigenvalue weighted by atomic mass is 32.2. The van der Waals surface area contributed by atoms with Crippen LogP contribution >= 0.6 is 0 Å². The van der Waals surface area contributed by atoms with Crippen LogP contribution in [0.4, 0.5) is 0 Å². The Kier molecular flexibility index (Phi) is 2.75. The molecule has 1 atom stereocenters. The van der Waals surface area contributed by atoms with E-state index in [9.17, 15) is 28.6 Å². The Hall–Kier alpha value is -1.51. The van der Waals surface area contributed by atoms with E-state index in [2.05, 4.69) is 0 Å². The van der Waals surface area contributed by atoms with Crippen LogP contribution in [-0.4, -0.2) is 35.9 Å². The van der Waals surface area contributed by atoms with E-state index in [1.54, 1.807) is 0 Å². The summed E-state index contributed by atoms with van der Waals surface area (Å²) in [5.41, 5.74) is -0.0154. The smallest absolute Gasteiger partial charge is 0.264 e. The first kappa shape index (κ1) is 11.6. The minimum absolute atomic E-state index is 0.0155. The average molecular weight is 236 g/mol. The van der Waals surface area contributed by atoms with Crippen LogP contribution in [-0.2, 0) is 9.84 Å². The van der Waals surface area contributed by atoms with Gasteiger partial charge < -0.3 is 0 Å². The summed E-state index contributed by atoms with van der Waals surface area (Å²) in [4.78, 5) is 19.0. The lowest BCUT2D eigenvalue weighted by atomic mass is 10.1. The van der Waals surface area contributed by atoms with E-state index in [0.29, 0.717) is 0 Å². The molecule has 0 saturated heterocycles. The topological polar surface area (TPSA) is 120 Å². The Balaban J connectivity index is 3.12. The van der Waals surface area contributed by atoms with E-state index in [-0.39, 0.29) is 11.1 Å². The van der Waals surface area contributed by atoms with Crippen molar-refractivity contribution in [3.05, 3.63) is 31.4 Å². The van der Waals surface area contributed by atoms with Crippen LogP contribution in [0.5, 0.6) is 0 Å². The Bertz CT molecular complexity index is 450. The normalized spacial score (nSPS) is 24.2. The molecule has 0 bridgehead atoms. The van der Waals surface area contributed by atoms with Gasteiger partial charge in [0.05, 0.1) is 5.75 Å². The van der Waals surface area contributed by atoms with E-state index < -0.39 is 37.4 Å². The zero-order valence-electron chi connectivity index (χ0n) is 7.74. The van der Waals surface area contributed by atoms with Crippen molar-refractivity contribution in [3.8, 4) is 0 Å². The fourth-order valence-electron chi connectivity index (χ4n) is 1.50. The monoisotopic (exact) mass is 236 g/mol. The maximum Gasteiger partial charge on any atom is 0.332 e. The van der Waals surface area contributed by atoms with Gasteiger partial charge in [-0.3, -0.25) is 20.2 Å². The van der Waals surface area contributed by atoms with E-state index in [4.69, 9.17) is 0 Å². The second-order valence-electron chi connectivity index (χ2n) is 3.22. The van der Waals surface area contributed by atoms with Crippen molar-refractivity contribution in [2.24, 2.45) is 0 Å². The van der Waals surface area contributed by atoms with Gasteiger partial charge in [0, 0.05) is 21.0 Å². The summed E-state index contributed by atoms with van der Waals surface area (Å²) >= 11 is 0. The van der Waals surface area contributed by atoms with Gasteiger partial charge in [0.2, 0.25) is 16.4 Å². The lowest BCUT2D eigenvalue weighted by molar-refractivity contribution is -0.488. The third-order valence-corrected chi connectivity index (χ3v) is 4.11. The molecule has 0 aromatic heterocycles. The SMILES string of the molecule is CC1=C(C[N+](=O)[O-])CS(=O)(=O)[C@@H]1[N+](=O)[O-]. The second-order valence-corrected chi connectivity index (χ2v) is 5.28. The molecule has 0 fully saturated rings. The fourth-order valence-corrected chi connectivity index (χ4v) is 3.43. The Morgan fingerprint density at radius 1 is 1.40 bits per heavy atom. The molecular formula is C6H8N2O6S. The minimum atomic E-state index is -3.91. The summed E-state index contributed by atoms with van der Waals surface area (Å²) in [5.74, 6) is -0.592. The first-order chi connectivity index (χ1) is 6.75. The molecule has 1 heterocycles. The zero-order valence-corrected chi connectivity index (χ0v) is 8.56. The molecule has 0 aromatic carbocycles. The molecule has 0 amide bonds. The van der Waals surface area contributed by atoms with E-state index in [0.717, 1.165) is 0 Å². The van der Waals surface area contributed by atoms with Crippen LogP contribution in [0.15, 0.2) is 11.1 Å². The largest absolute Gasteiger partial charge is 0.332 e. The Morgan fingerprint density at radius 2 is 1.93 bits per heavy atom. The molecule has 15 heavy (non-hydrogen) atoms. The predicted octanol–water partition coefficient (Wildman–Crippen LogP) is -0.389. The summed E-state index contributed by atoms with van der Waals surface area (Å²) < 4.78 is 22.6. The molecule has 0 spiro atoms. The maximum atomic E-state index is 11.3.